The number of nitriles is 1. The quantitative estimate of drug-likeness (QED) is 0.829. The van der Waals surface area contributed by atoms with Crippen LogP contribution >= 0.6 is 0 Å². The fraction of sp³-hybridized carbons (Fsp3) is 0.611. The summed E-state index contributed by atoms with van der Waals surface area (Å²) in [5.74, 6) is 1.80. The lowest BCUT2D eigenvalue weighted by Crippen LogP contribution is -2.50. The van der Waals surface area contributed by atoms with Crippen molar-refractivity contribution < 1.29 is 4.74 Å². The largest absolute Gasteiger partial charge is 0.491 e. The maximum Gasteiger partial charge on any atom is 0.143 e. The summed E-state index contributed by atoms with van der Waals surface area (Å²) in [4.78, 5) is 0. The summed E-state index contributed by atoms with van der Waals surface area (Å²) in [5.41, 5.74) is 2.07. The van der Waals surface area contributed by atoms with Crippen LogP contribution in [-0.2, 0) is 0 Å². The van der Waals surface area contributed by atoms with Crippen LogP contribution in [-0.4, -0.2) is 18.7 Å². The van der Waals surface area contributed by atoms with E-state index < -0.39 is 5.54 Å². The Morgan fingerprint density at radius 3 is 2.62 bits per heavy atom. The zero-order valence-corrected chi connectivity index (χ0v) is 13.6. The van der Waals surface area contributed by atoms with Gasteiger partial charge in [-0.15, -0.1) is 0 Å². The minimum Gasteiger partial charge on any atom is -0.491 e. The first-order valence-electron chi connectivity index (χ1n) is 7.92. The van der Waals surface area contributed by atoms with E-state index in [-0.39, 0.29) is 0 Å². The number of hydrogen-bond acceptors (Lipinski definition) is 3. The molecule has 1 aliphatic rings. The number of nitrogens with zero attached hydrogens (tertiary/aromatic N) is 1. The Balaban J connectivity index is 2.08. The first-order chi connectivity index (χ1) is 10.0. The fourth-order valence-corrected chi connectivity index (χ4v) is 2.95. The van der Waals surface area contributed by atoms with Gasteiger partial charge in [-0.25, -0.2) is 0 Å². The van der Waals surface area contributed by atoms with Crippen molar-refractivity contribution in [1.29, 1.82) is 5.26 Å². The highest BCUT2D eigenvalue weighted by Crippen LogP contribution is 2.39. The predicted octanol–water partition coefficient (Wildman–Crippen LogP) is 3.78. The van der Waals surface area contributed by atoms with E-state index in [4.69, 9.17) is 4.74 Å². The molecule has 21 heavy (non-hydrogen) atoms. The third-order valence-corrected chi connectivity index (χ3v) is 4.30. The Morgan fingerprint density at radius 1 is 1.43 bits per heavy atom. The van der Waals surface area contributed by atoms with Crippen LogP contribution in [0.25, 0.3) is 0 Å². The van der Waals surface area contributed by atoms with E-state index in [2.05, 4.69) is 44.3 Å². The molecule has 0 aliphatic heterocycles. The van der Waals surface area contributed by atoms with Crippen molar-refractivity contribution in [3.63, 3.8) is 0 Å². The number of aryl methyl sites for hydroxylation is 1. The van der Waals surface area contributed by atoms with Crippen molar-refractivity contribution in [3.8, 4) is 11.8 Å². The van der Waals surface area contributed by atoms with E-state index >= 15 is 0 Å². The molecular formula is C18H26N2O. The third kappa shape index (κ3) is 3.57. The summed E-state index contributed by atoms with van der Waals surface area (Å²) < 4.78 is 5.95. The lowest BCUT2D eigenvalue weighted by atomic mass is 9.96. The average Bonchev–Trinajstić information content (AvgIpc) is 3.28. The van der Waals surface area contributed by atoms with Gasteiger partial charge in [0.1, 0.15) is 17.9 Å². The van der Waals surface area contributed by atoms with Gasteiger partial charge in [0.05, 0.1) is 6.07 Å². The smallest absolute Gasteiger partial charge is 0.143 e. The highest BCUT2D eigenvalue weighted by Gasteiger charge is 2.46. The highest BCUT2D eigenvalue weighted by atomic mass is 16.5. The Kier molecular flexibility index (Phi) is 4.90. The van der Waals surface area contributed by atoms with Gasteiger partial charge in [-0.3, -0.25) is 5.32 Å². The van der Waals surface area contributed by atoms with Crippen LogP contribution in [0.15, 0.2) is 18.2 Å². The maximum absolute atomic E-state index is 9.58. The first kappa shape index (κ1) is 15.9. The molecule has 1 fully saturated rings. The standard InChI is InChI=1S/C18H26N2O/c1-5-20-18(11-19,15-6-7-15)12-21-16-8-9-17(13(2)3)14(4)10-16/h8-10,13,15,20H,5-7,12H2,1-4H3. The average molecular weight is 286 g/mol. The molecule has 0 saturated heterocycles. The van der Waals surface area contributed by atoms with Gasteiger partial charge in [0.25, 0.3) is 0 Å². The van der Waals surface area contributed by atoms with Crippen molar-refractivity contribution in [2.75, 3.05) is 13.2 Å². The number of nitrogens with one attached hydrogen (secondary N) is 1. The normalized spacial score (nSPS) is 17.3. The summed E-state index contributed by atoms with van der Waals surface area (Å²) in [6.07, 6.45) is 2.24. The van der Waals surface area contributed by atoms with E-state index in [1.807, 2.05) is 13.0 Å². The second-order valence-corrected chi connectivity index (χ2v) is 6.35. The lowest BCUT2D eigenvalue weighted by Gasteiger charge is -2.27. The molecule has 1 saturated carbocycles. The number of hydrogen-bond donors (Lipinski definition) is 1. The minimum atomic E-state index is -0.528. The summed E-state index contributed by atoms with van der Waals surface area (Å²) >= 11 is 0. The second-order valence-electron chi connectivity index (χ2n) is 6.35. The Bertz CT molecular complexity index is 529. The van der Waals surface area contributed by atoms with E-state index in [9.17, 15) is 5.26 Å². The molecule has 1 aliphatic carbocycles. The molecule has 0 bridgehead atoms. The molecule has 0 radical (unpaired) electrons. The van der Waals surface area contributed by atoms with Gasteiger partial charge in [-0.2, -0.15) is 5.26 Å². The molecule has 114 valence electrons. The zero-order chi connectivity index (χ0) is 15.5. The SMILES string of the molecule is CCNC(C#N)(COc1ccc(C(C)C)c(C)c1)C1CC1. The van der Waals surface area contributed by atoms with Gasteiger partial charge < -0.3 is 4.74 Å². The number of rotatable bonds is 7. The Hall–Kier alpha value is -1.53. The second kappa shape index (κ2) is 6.49. The molecule has 0 spiro atoms. The number of benzene rings is 1. The first-order valence-corrected chi connectivity index (χ1v) is 7.92. The van der Waals surface area contributed by atoms with Crippen LogP contribution in [0.3, 0.4) is 0 Å². The molecule has 0 amide bonds. The molecular weight excluding hydrogens is 260 g/mol. The number of ether oxygens (including phenoxy) is 1. The van der Waals surface area contributed by atoms with Crippen molar-refractivity contribution in [3.05, 3.63) is 29.3 Å². The Morgan fingerprint density at radius 2 is 2.14 bits per heavy atom. The van der Waals surface area contributed by atoms with E-state index in [1.165, 1.54) is 11.1 Å². The highest BCUT2D eigenvalue weighted by molar-refractivity contribution is 5.36. The summed E-state index contributed by atoms with van der Waals surface area (Å²) in [5, 5.41) is 12.9. The maximum atomic E-state index is 9.58. The van der Waals surface area contributed by atoms with Gasteiger partial charge in [-0.05, 0) is 61.4 Å². The lowest BCUT2D eigenvalue weighted by molar-refractivity contribution is 0.204. The zero-order valence-electron chi connectivity index (χ0n) is 13.6. The molecule has 3 nitrogen and oxygen atoms in total. The molecule has 0 heterocycles. The minimum absolute atomic E-state index is 0.419. The molecule has 3 heteroatoms. The van der Waals surface area contributed by atoms with Gasteiger partial charge in [0.2, 0.25) is 0 Å². The van der Waals surface area contributed by atoms with Crippen LogP contribution in [0.2, 0.25) is 0 Å². The third-order valence-electron chi connectivity index (χ3n) is 4.30. The van der Waals surface area contributed by atoms with E-state index in [0.29, 0.717) is 18.4 Å². The number of likely N-dealkylation sites (N-methyl/N-ethyl adjacent to an activating group) is 1. The van der Waals surface area contributed by atoms with Crippen LogP contribution < -0.4 is 10.1 Å². The van der Waals surface area contributed by atoms with E-state index in [0.717, 1.165) is 25.1 Å². The predicted molar refractivity (Wildman–Crippen MR) is 85.5 cm³/mol. The van der Waals surface area contributed by atoms with Gasteiger partial charge >= 0.3 is 0 Å². The molecule has 1 aromatic rings. The van der Waals surface area contributed by atoms with Crippen LogP contribution in [0.4, 0.5) is 0 Å². The van der Waals surface area contributed by atoms with E-state index in [1.54, 1.807) is 0 Å². The van der Waals surface area contributed by atoms with Crippen LogP contribution in [0.5, 0.6) is 5.75 Å². The van der Waals surface area contributed by atoms with Crippen LogP contribution in [0, 0.1) is 24.2 Å². The monoisotopic (exact) mass is 286 g/mol. The topological polar surface area (TPSA) is 45.0 Å². The Labute approximate surface area is 128 Å². The van der Waals surface area contributed by atoms with Gasteiger partial charge in [0, 0.05) is 0 Å². The summed E-state index contributed by atoms with van der Waals surface area (Å²) in [7, 11) is 0. The summed E-state index contributed by atoms with van der Waals surface area (Å²) in [6, 6.07) is 8.69. The van der Waals surface area contributed by atoms with Crippen molar-refractivity contribution in [2.24, 2.45) is 5.92 Å². The van der Waals surface area contributed by atoms with Crippen molar-refractivity contribution in [2.45, 2.75) is 52.0 Å². The summed E-state index contributed by atoms with van der Waals surface area (Å²) in [6.45, 7) is 9.76. The van der Waals surface area contributed by atoms with Crippen LogP contribution in [0.1, 0.15) is 50.7 Å². The molecule has 1 atom stereocenters. The van der Waals surface area contributed by atoms with Crippen molar-refractivity contribution in [1.82, 2.24) is 5.32 Å². The molecule has 0 aromatic heterocycles. The molecule has 1 N–H and O–H groups in total. The van der Waals surface area contributed by atoms with Gasteiger partial charge in [0.15, 0.2) is 0 Å². The van der Waals surface area contributed by atoms with Gasteiger partial charge in [-0.1, -0.05) is 26.8 Å². The molecule has 1 aromatic carbocycles. The molecule has 2 rings (SSSR count). The fourth-order valence-electron chi connectivity index (χ4n) is 2.95. The molecule has 1 unspecified atom stereocenters. The van der Waals surface area contributed by atoms with Crippen molar-refractivity contribution >= 4 is 0 Å².